The highest BCUT2D eigenvalue weighted by Crippen LogP contribution is 2.28. The highest BCUT2D eigenvalue weighted by molar-refractivity contribution is 7.89. The van der Waals surface area contributed by atoms with Gasteiger partial charge in [0.05, 0.1) is 20.8 Å². The molecule has 0 aliphatic rings. The summed E-state index contributed by atoms with van der Waals surface area (Å²) in [6.45, 7) is 1.58. The third-order valence-corrected chi connectivity index (χ3v) is 5.20. The number of carbonyl (C=O) groups excluding carboxylic acids is 1. The first-order valence-corrected chi connectivity index (χ1v) is 9.49. The third kappa shape index (κ3) is 4.74. The molecular formula is C18H22N2O5S. The van der Waals surface area contributed by atoms with Gasteiger partial charge in [0.25, 0.3) is 0 Å². The van der Waals surface area contributed by atoms with E-state index in [2.05, 4.69) is 10.0 Å². The van der Waals surface area contributed by atoms with Crippen molar-refractivity contribution in [2.24, 2.45) is 0 Å². The minimum atomic E-state index is -3.92. The van der Waals surface area contributed by atoms with E-state index in [1.165, 1.54) is 32.4 Å². The summed E-state index contributed by atoms with van der Waals surface area (Å²) in [6, 6.07) is 11.7. The van der Waals surface area contributed by atoms with E-state index in [-0.39, 0.29) is 10.6 Å². The Hall–Kier alpha value is -2.58. The molecule has 0 spiro atoms. The van der Waals surface area contributed by atoms with Crippen molar-refractivity contribution in [2.45, 2.75) is 18.2 Å². The lowest BCUT2D eigenvalue weighted by atomic mass is 10.1. The van der Waals surface area contributed by atoms with Crippen LogP contribution in [0.2, 0.25) is 0 Å². The van der Waals surface area contributed by atoms with Gasteiger partial charge in [-0.05, 0) is 30.2 Å². The second-order valence-electron chi connectivity index (χ2n) is 5.40. The van der Waals surface area contributed by atoms with Crippen molar-refractivity contribution in [3.8, 4) is 11.5 Å². The fourth-order valence-electron chi connectivity index (χ4n) is 2.38. The van der Waals surface area contributed by atoms with E-state index in [0.717, 1.165) is 12.0 Å². The zero-order chi connectivity index (χ0) is 19.2. The predicted molar refractivity (Wildman–Crippen MR) is 99.2 cm³/mol. The van der Waals surface area contributed by atoms with E-state index in [4.69, 9.17) is 9.47 Å². The molecule has 7 nitrogen and oxygen atoms in total. The zero-order valence-electron chi connectivity index (χ0n) is 14.9. The van der Waals surface area contributed by atoms with E-state index >= 15 is 0 Å². The number of ether oxygens (including phenoxy) is 2. The molecule has 0 unspecified atom stereocenters. The van der Waals surface area contributed by atoms with Gasteiger partial charge in [0.1, 0.15) is 16.4 Å². The Balaban J connectivity index is 2.09. The van der Waals surface area contributed by atoms with E-state index in [1.807, 2.05) is 19.1 Å². The highest BCUT2D eigenvalue weighted by Gasteiger charge is 2.21. The fourth-order valence-corrected chi connectivity index (χ4v) is 3.51. The van der Waals surface area contributed by atoms with E-state index in [0.29, 0.717) is 11.4 Å². The SMILES string of the molecule is CCc1ccccc1NC(=O)CNS(=O)(=O)c1ccc(OC)cc1OC. The molecule has 2 aromatic carbocycles. The number of amides is 1. The third-order valence-electron chi connectivity index (χ3n) is 3.76. The molecule has 26 heavy (non-hydrogen) atoms. The van der Waals surface area contributed by atoms with Crippen molar-refractivity contribution in [1.82, 2.24) is 4.72 Å². The topological polar surface area (TPSA) is 93.7 Å². The van der Waals surface area contributed by atoms with Crippen LogP contribution in [0.15, 0.2) is 47.4 Å². The summed E-state index contributed by atoms with van der Waals surface area (Å²) in [7, 11) is -1.09. The summed E-state index contributed by atoms with van der Waals surface area (Å²) >= 11 is 0. The number of para-hydroxylation sites is 1. The van der Waals surface area contributed by atoms with Gasteiger partial charge in [0.15, 0.2) is 0 Å². The molecule has 140 valence electrons. The summed E-state index contributed by atoms with van der Waals surface area (Å²) in [5.41, 5.74) is 1.64. The number of sulfonamides is 1. The van der Waals surface area contributed by atoms with E-state index in [1.54, 1.807) is 12.1 Å². The molecule has 2 N–H and O–H groups in total. The summed E-state index contributed by atoms with van der Waals surface area (Å²) < 4.78 is 37.4. The number of anilines is 1. The fraction of sp³-hybridized carbons (Fsp3) is 0.278. The Bertz CT molecular complexity index is 881. The molecular weight excluding hydrogens is 356 g/mol. The molecule has 0 bridgehead atoms. The molecule has 0 atom stereocenters. The van der Waals surface area contributed by atoms with Crippen LogP contribution >= 0.6 is 0 Å². The molecule has 0 saturated carbocycles. The number of hydrogen-bond acceptors (Lipinski definition) is 5. The van der Waals surface area contributed by atoms with Gasteiger partial charge in [-0.2, -0.15) is 0 Å². The molecule has 0 saturated heterocycles. The average molecular weight is 378 g/mol. The van der Waals surface area contributed by atoms with Gasteiger partial charge in [0.2, 0.25) is 15.9 Å². The van der Waals surface area contributed by atoms with Crippen LogP contribution in [0.4, 0.5) is 5.69 Å². The van der Waals surface area contributed by atoms with Crippen molar-refractivity contribution in [1.29, 1.82) is 0 Å². The van der Waals surface area contributed by atoms with Crippen LogP contribution in [0, 0.1) is 0 Å². The molecule has 0 fully saturated rings. The Morgan fingerprint density at radius 2 is 1.81 bits per heavy atom. The van der Waals surface area contributed by atoms with Gasteiger partial charge in [-0.3, -0.25) is 4.79 Å². The molecule has 0 radical (unpaired) electrons. The van der Waals surface area contributed by atoms with Gasteiger partial charge < -0.3 is 14.8 Å². The maximum Gasteiger partial charge on any atom is 0.244 e. The number of methoxy groups -OCH3 is 2. The standard InChI is InChI=1S/C18H22N2O5S/c1-4-13-7-5-6-8-15(13)20-18(21)12-19-26(22,23)17-10-9-14(24-2)11-16(17)25-3/h5-11,19H,4,12H2,1-3H3,(H,20,21). The molecule has 2 aromatic rings. The first kappa shape index (κ1) is 19.7. The summed E-state index contributed by atoms with van der Waals surface area (Å²) in [6.07, 6.45) is 0.755. The predicted octanol–water partition coefficient (Wildman–Crippen LogP) is 2.18. The average Bonchev–Trinajstić information content (AvgIpc) is 2.66. The van der Waals surface area contributed by atoms with E-state index in [9.17, 15) is 13.2 Å². The van der Waals surface area contributed by atoms with Crippen LogP contribution < -0.4 is 19.5 Å². The lowest BCUT2D eigenvalue weighted by Crippen LogP contribution is -2.33. The Kier molecular flexibility index (Phi) is 6.59. The van der Waals surface area contributed by atoms with Gasteiger partial charge in [-0.1, -0.05) is 25.1 Å². The maximum absolute atomic E-state index is 12.5. The van der Waals surface area contributed by atoms with Crippen molar-refractivity contribution >= 4 is 21.6 Å². The number of benzene rings is 2. The van der Waals surface area contributed by atoms with Crippen LogP contribution in [-0.4, -0.2) is 35.1 Å². The minimum Gasteiger partial charge on any atom is -0.497 e. The number of hydrogen-bond donors (Lipinski definition) is 2. The van der Waals surface area contributed by atoms with Crippen molar-refractivity contribution in [3.63, 3.8) is 0 Å². The van der Waals surface area contributed by atoms with Gasteiger partial charge in [0, 0.05) is 11.8 Å². The molecule has 0 aliphatic carbocycles. The highest BCUT2D eigenvalue weighted by atomic mass is 32.2. The smallest absolute Gasteiger partial charge is 0.244 e. The van der Waals surface area contributed by atoms with Crippen LogP contribution in [-0.2, 0) is 21.2 Å². The van der Waals surface area contributed by atoms with Gasteiger partial charge in [-0.25, -0.2) is 13.1 Å². The van der Waals surface area contributed by atoms with Crippen LogP contribution in [0.25, 0.3) is 0 Å². The summed E-state index contributed by atoms with van der Waals surface area (Å²) in [4.78, 5) is 12.1. The van der Waals surface area contributed by atoms with Gasteiger partial charge in [-0.15, -0.1) is 0 Å². The lowest BCUT2D eigenvalue weighted by molar-refractivity contribution is -0.115. The maximum atomic E-state index is 12.5. The molecule has 8 heteroatoms. The van der Waals surface area contributed by atoms with Crippen molar-refractivity contribution in [2.75, 3.05) is 26.1 Å². The minimum absolute atomic E-state index is 0.0671. The Morgan fingerprint density at radius 3 is 2.46 bits per heavy atom. The van der Waals surface area contributed by atoms with Crippen LogP contribution in [0.3, 0.4) is 0 Å². The van der Waals surface area contributed by atoms with Crippen LogP contribution in [0.5, 0.6) is 11.5 Å². The zero-order valence-corrected chi connectivity index (χ0v) is 15.7. The second kappa shape index (κ2) is 8.68. The molecule has 0 aliphatic heterocycles. The monoisotopic (exact) mass is 378 g/mol. The Labute approximate surface area is 153 Å². The summed E-state index contributed by atoms with van der Waals surface area (Å²) in [5.74, 6) is 0.144. The summed E-state index contributed by atoms with van der Waals surface area (Å²) in [5, 5.41) is 2.72. The van der Waals surface area contributed by atoms with E-state index < -0.39 is 22.5 Å². The van der Waals surface area contributed by atoms with Crippen molar-refractivity contribution in [3.05, 3.63) is 48.0 Å². The van der Waals surface area contributed by atoms with Gasteiger partial charge >= 0.3 is 0 Å². The number of aryl methyl sites for hydroxylation is 1. The number of carbonyl (C=O) groups is 1. The molecule has 1 amide bonds. The number of nitrogens with one attached hydrogen (secondary N) is 2. The number of rotatable bonds is 8. The molecule has 2 rings (SSSR count). The molecule has 0 aromatic heterocycles. The van der Waals surface area contributed by atoms with Crippen LogP contribution in [0.1, 0.15) is 12.5 Å². The quantitative estimate of drug-likeness (QED) is 0.734. The van der Waals surface area contributed by atoms with Crippen molar-refractivity contribution < 1.29 is 22.7 Å². The Morgan fingerprint density at radius 1 is 1.08 bits per heavy atom. The molecule has 0 heterocycles. The lowest BCUT2D eigenvalue weighted by Gasteiger charge is -2.13. The normalized spacial score (nSPS) is 11.0. The first-order valence-electron chi connectivity index (χ1n) is 8.00. The second-order valence-corrected chi connectivity index (χ2v) is 7.14. The largest absolute Gasteiger partial charge is 0.497 e. The first-order chi connectivity index (χ1) is 12.4.